The first-order valence-corrected chi connectivity index (χ1v) is 6.29. The molecule has 0 radical (unpaired) electrons. The number of nitro benzene ring substituents is 1. The molecule has 112 valence electrons. The number of anilines is 4. The molecule has 1 aromatic carbocycles. The molecule has 0 fully saturated rings. The second-order valence-corrected chi connectivity index (χ2v) is 4.11. The summed E-state index contributed by atoms with van der Waals surface area (Å²) in [4.78, 5) is 12.2. The van der Waals surface area contributed by atoms with Crippen LogP contribution in [0.15, 0.2) is 24.3 Å². The molecule has 0 spiro atoms. The Bertz CT molecular complexity index is 653. The van der Waals surface area contributed by atoms with E-state index < -0.39 is 4.92 Å². The van der Waals surface area contributed by atoms with E-state index in [1.165, 1.54) is 10.9 Å². The van der Waals surface area contributed by atoms with Crippen LogP contribution in [0.2, 0.25) is 0 Å². The molecule has 0 saturated carbocycles. The van der Waals surface area contributed by atoms with Crippen LogP contribution in [0.5, 0.6) is 0 Å². The zero-order valence-corrected chi connectivity index (χ0v) is 12.0. The van der Waals surface area contributed by atoms with E-state index in [2.05, 4.69) is 26.5 Å². The summed E-state index contributed by atoms with van der Waals surface area (Å²) in [6.07, 6.45) is 0. The van der Waals surface area contributed by atoms with E-state index in [-0.39, 0.29) is 5.69 Å². The molecule has 1 aromatic heterocycles. The number of nitro groups is 1. The maximum absolute atomic E-state index is 11.1. The molecule has 0 aliphatic heterocycles. The van der Waals surface area contributed by atoms with E-state index >= 15 is 0 Å². The summed E-state index contributed by atoms with van der Waals surface area (Å²) in [5.41, 5.74) is 3.90. The van der Waals surface area contributed by atoms with E-state index in [9.17, 15) is 10.1 Å². The molecule has 2 aromatic rings. The molecule has 0 amide bonds. The average molecular weight is 291 g/mol. The van der Waals surface area contributed by atoms with Gasteiger partial charge in [0.1, 0.15) is 11.4 Å². The zero-order chi connectivity index (χ0) is 15.4. The van der Waals surface area contributed by atoms with Crippen molar-refractivity contribution in [3.63, 3.8) is 0 Å². The zero-order valence-electron chi connectivity index (χ0n) is 12.0. The first-order valence-electron chi connectivity index (χ1n) is 6.29. The Labute approximate surface area is 121 Å². The summed E-state index contributed by atoms with van der Waals surface area (Å²) in [7, 11) is 5.20. The summed E-state index contributed by atoms with van der Waals surface area (Å²) in [6, 6.07) is 6.45. The second-order valence-electron chi connectivity index (χ2n) is 4.11. The summed E-state index contributed by atoms with van der Waals surface area (Å²) < 4.78 is 0. The molecule has 0 saturated heterocycles. The number of hydrogen-bond donors (Lipinski definition) is 4. The third kappa shape index (κ3) is 2.66. The van der Waals surface area contributed by atoms with Crippen LogP contribution in [0.25, 0.3) is 0 Å². The number of benzene rings is 1. The van der Waals surface area contributed by atoms with Crippen LogP contribution < -0.4 is 21.4 Å². The standard InChI is InChI=1S/C12H17N7O2/c1-13-11-10(12(14-2)18(15-3)17-11)16-8-6-4-5-7-9(8)19(20)21/h4-7,14-16H,1-3H3,(H,13,17). The van der Waals surface area contributed by atoms with Crippen molar-refractivity contribution in [2.45, 2.75) is 0 Å². The molecule has 0 atom stereocenters. The Morgan fingerprint density at radius 2 is 1.90 bits per heavy atom. The van der Waals surface area contributed by atoms with Gasteiger partial charge in [0, 0.05) is 27.2 Å². The van der Waals surface area contributed by atoms with Crippen molar-refractivity contribution in [1.82, 2.24) is 9.89 Å². The normalized spacial score (nSPS) is 10.0. The van der Waals surface area contributed by atoms with Crippen LogP contribution in [0, 0.1) is 10.1 Å². The van der Waals surface area contributed by atoms with Gasteiger partial charge < -0.3 is 21.4 Å². The molecule has 4 N–H and O–H groups in total. The third-order valence-electron chi connectivity index (χ3n) is 2.93. The Balaban J connectivity index is 2.49. The number of hydrogen-bond acceptors (Lipinski definition) is 7. The number of nitrogens with zero attached hydrogens (tertiary/aromatic N) is 3. The highest BCUT2D eigenvalue weighted by atomic mass is 16.6. The van der Waals surface area contributed by atoms with Crippen molar-refractivity contribution in [2.24, 2.45) is 0 Å². The van der Waals surface area contributed by atoms with Gasteiger partial charge in [-0.2, -0.15) is 4.79 Å². The van der Waals surface area contributed by atoms with Gasteiger partial charge in [-0.15, -0.1) is 5.10 Å². The van der Waals surface area contributed by atoms with E-state index in [4.69, 9.17) is 0 Å². The van der Waals surface area contributed by atoms with Crippen LogP contribution in [-0.4, -0.2) is 36.0 Å². The topological polar surface area (TPSA) is 109 Å². The van der Waals surface area contributed by atoms with Crippen LogP contribution in [0.3, 0.4) is 0 Å². The largest absolute Gasteiger partial charge is 0.370 e. The highest BCUT2D eigenvalue weighted by Gasteiger charge is 2.20. The summed E-state index contributed by atoms with van der Waals surface area (Å²) in [6.45, 7) is 0. The Kier molecular flexibility index (Phi) is 4.12. The van der Waals surface area contributed by atoms with Crippen molar-refractivity contribution >= 4 is 28.7 Å². The van der Waals surface area contributed by atoms with Gasteiger partial charge in [0.15, 0.2) is 11.6 Å². The lowest BCUT2D eigenvalue weighted by atomic mass is 10.2. The second kappa shape index (κ2) is 5.99. The van der Waals surface area contributed by atoms with Crippen molar-refractivity contribution in [3.8, 4) is 0 Å². The van der Waals surface area contributed by atoms with Gasteiger partial charge in [0.2, 0.25) is 0 Å². The summed E-state index contributed by atoms with van der Waals surface area (Å²) in [5, 5.41) is 24.4. The van der Waals surface area contributed by atoms with Crippen molar-refractivity contribution in [2.75, 3.05) is 42.5 Å². The fourth-order valence-electron chi connectivity index (χ4n) is 1.98. The molecule has 0 aliphatic carbocycles. The molecule has 0 unspecified atom stereocenters. The summed E-state index contributed by atoms with van der Waals surface area (Å²) in [5.74, 6) is 1.21. The number of nitrogens with one attached hydrogen (secondary N) is 4. The van der Waals surface area contributed by atoms with Crippen molar-refractivity contribution in [1.29, 1.82) is 0 Å². The van der Waals surface area contributed by atoms with Gasteiger partial charge in [0.05, 0.1) is 4.92 Å². The molecule has 9 nitrogen and oxygen atoms in total. The number of aromatic nitrogens is 2. The molecule has 2 rings (SSSR count). The van der Waals surface area contributed by atoms with Gasteiger partial charge >= 0.3 is 0 Å². The van der Waals surface area contributed by atoms with Crippen molar-refractivity contribution in [3.05, 3.63) is 34.4 Å². The van der Waals surface area contributed by atoms with Gasteiger partial charge in [0.25, 0.3) is 5.69 Å². The predicted molar refractivity (Wildman–Crippen MR) is 83.0 cm³/mol. The number of para-hydroxylation sites is 2. The van der Waals surface area contributed by atoms with Crippen LogP contribution >= 0.6 is 0 Å². The fourth-order valence-corrected chi connectivity index (χ4v) is 1.98. The molecule has 1 heterocycles. The van der Waals surface area contributed by atoms with Gasteiger partial charge in [-0.25, -0.2) is 0 Å². The smallest absolute Gasteiger partial charge is 0.292 e. The van der Waals surface area contributed by atoms with Crippen molar-refractivity contribution < 1.29 is 4.92 Å². The van der Waals surface area contributed by atoms with E-state index in [1.807, 2.05) is 0 Å². The monoisotopic (exact) mass is 291 g/mol. The minimum Gasteiger partial charge on any atom is -0.370 e. The fraction of sp³-hybridized carbons (Fsp3) is 0.250. The van der Waals surface area contributed by atoms with E-state index in [1.54, 1.807) is 39.3 Å². The van der Waals surface area contributed by atoms with Gasteiger partial charge in [-0.05, 0) is 6.07 Å². The Morgan fingerprint density at radius 1 is 1.19 bits per heavy atom. The lowest BCUT2D eigenvalue weighted by molar-refractivity contribution is -0.383. The average Bonchev–Trinajstić information content (AvgIpc) is 2.84. The quantitative estimate of drug-likeness (QED) is 0.474. The molecule has 0 aliphatic rings. The van der Waals surface area contributed by atoms with E-state index in [0.29, 0.717) is 23.0 Å². The maximum atomic E-state index is 11.1. The minimum absolute atomic E-state index is 0.00110. The number of rotatable bonds is 6. The Hall–Kier alpha value is -2.97. The van der Waals surface area contributed by atoms with Crippen LogP contribution in [-0.2, 0) is 0 Å². The highest BCUT2D eigenvalue weighted by molar-refractivity contribution is 5.84. The SMILES string of the molecule is CNc1nn(NC)c(NC)c1Nc1ccccc1[N+](=O)[O-]. The molecule has 9 heteroatoms. The highest BCUT2D eigenvalue weighted by Crippen LogP contribution is 2.35. The third-order valence-corrected chi connectivity index (χ3v) is 2.93. The van der Waals surface area contributed by atoms with Gasteiger partial charge in [-0.3, -0.25) is 10.1 Å². The first kappa shape index (κ1) is 14.4. The summed E-state index contributed by atoms with van der Waals surface area (Å²) >= 11 is 0. The predicted octanol–water partition coefficient (Wildman–Crippen LogP) is 1.79. The molecule has 21 heavy (non-hydrogen) atoms. The molecular formula is C12H17N7O2. The molecule has 0 bridgehead atoms. The Morgan fingerprint density at radius 3 is 2.48 bits per heavy atom. The van der Waals surface area contributed by atoms with E-state index in [0.717, 1.165) is 0 Å². The van der Waals surface area contributed by atoms with Crippen LogP contribution in [0.1, 0.15) is 0 Å². The lowest BCUT2D eigenvalue weighted by Crippen LogP contribution is -2.14. The first-order chi connectivity index (χ1) is 10.1. The maximum Gasteiger partial charge on any atom is 0.292 e. The molecular weight excluding hydrogens is 274 g/mol. The van der Waals surface area contributed by atoms with Crippen LogP contribution in [0.4, 0.5) is 28.7 Å². The minimum atomic E-state index is -0.428. The van der Waals surface area contributed by atoms with Gasteiger partial charge in [-0.1, -0.05) is 12.1 Å². The lowest BCUT2D eigenvalue weighted by Gasteiger charge is -2.10.